The predicted octanol–water partition coefficient (Wildman–Crippen LogP) is 5.25. The molecule has 3 aromatic rings. The molecule has 7 nitrogen and oxygen atoms in total. The molecule has 2 N–H and O–H groups in total. The van der Waals surface area contributed by atoms with E-state index in [2.05, 4.69) is 17.4 Å². The van der Waals surface area contributed by atoms with Crippen molar-refractivity contribution in [2.24, 2.45) is 0 Å². The van der Waals surface area contributed by atoms with E-state index in [1.165, 1.54) is 32.2 Å². The maximum Gasteiger partial charge on any atom is 0.411 e. The van der Waals surface area contributed by atoms with Crippen LogP contribution < -0.4 is 5.32 Å². The second-order valence-corrected chi connectivity index (χ2v) is 8.55. The fraction of sp³-hybridized carbons (Fsp3) is 0.192. The quantitative estimate of drug-likeness (QED) is 0.504. The van der Waals surface area contributed by atoms with Gasteiger partial charge in [-0.2, -0.15) is 0 Å². The first kappa shape index (κ1) is 23.3. The zero-order chi connectivity index (χ0) is 24.4. The van der Waals surface area contributed by atoms with Crippen molar-refractivity contribution in [3.05, 3.63) is 88.4 Å². The molecule has 0 aromatic heterocycles. The average Bonchev–Trinajstić information content (AvgIpc) is 3.14. The molecule has 0 unspecified atom stereocenters. The second-order valence-electron chi connectivity index (χ2n) is 8.11. The summed E-state index contributed by atoms with van der Waals surface area (Å²) in [6.07, 6.45) is -0.685. The number of ether oxygens (including phenoxy) is 1. The van der Waals surface area contributed by atoms with E-state index in [0.29, 0.717) is 0 Å². The number of nitrogens with zero attached hydrogens (tertiary/aromatic N) is 1. The van der Waals surface area contributed by atoms with Crippen LogP contribution in [0.2, 0.25) is 5.02 Å². The lowest BCUT2D eigenvalue weighted by atomic mass is 9.98. The van der Waals surface area contributed by atoms with Crippen molar-refractivity contribution >= 4 is 35.3 Å². The normalized spacial score (nSPS) is 12.9. The number of hydrogen-bond acceptors (Lipinski definition) is 4. The SMILES string of the molecule is C[C@@H](C(=O)O)N(C)C(=O)c1cc(Cl)cc(NC(=O)OCC2c3ccccc3-c3ccccc32)c1. The number of carbonyl (C=O) groups excluding carboxylic acids is 2. The third-order valence-corrected chi connectivity index (χ3v) is 6.21. The van der Waals surface area contributed by atoms with Gasteiger partial charge in [0.15, 0.2) is 0 Å². The number of nitrogens with one attached hydrogen (secondary N) is 1. The summed E-state index contributed by atoms with van der Waals surface area (Å²) < 4.78 is 5.53. The van der Waals surface area contributed by atoms with E-state index in [1.54, 1.807) is 0 Å². The number of fused-ring (bicyclic) bond motifs is 3. The lowest BCUT2D eigenvalue weighted by Crippen LogP contribution is -2.40. The Morgan fingerprint density at radius 2 is 1.62 bits per heavy atom. The number of aliphatic carboxylic acids is 1. The van der Waals surface area contributed by atoms with E-state index in [4.69, 9.17) is 21.4 Å². The van der Waals surface area contributed by atoms with Crippen LogP contribution >= 0.6 is 11.6 Å². The highest BCUT2D eigenvalue weighted by atomic mass is 35.5. The minimum Gasteiger partial charge on any atom is -0.480 e. The third-order valence-electron chi connectivity index (χ3n) is 5.99. The molecule has 34 heavy (non-hydrogen) atoms. The molecule has 0 aliphatic heterocycles. The van der Waals surface area contributed by atoms with E-state index in [-0.39, 0.29) is 28.8 Å². The number of anilines is 1. The molecule has 0 bridgehead atoms. The molecule has 4 rings (SSSR count). The first-order valence-corrected chi connectivity index (χ1v) is 11.1. The number of halogens is 1. The second kappa shape index (κ2) is 9.57. The van der Waals surface area contributed by atoms with Crippen LogP contribution in [0.1, 0.15) is 34.3 Å². The van der Waals surface area contributed by atoms with Gasteiger partial charge in [-0.1, -0.05) is 60.1 Å². The van der Waals surface area contributed by atoms with Crippen LogP contribution in [0.4, 0.5) is 10.5 Å². The van der Waals surface area contributed by atoms with Crippen molar-refractivity contribution in [3.8, 4) is 11.1 Å². The number of hydrogen-bond donors (Lipinski definition) is 2. The van der Waals surface area contributed by atoms with Gasteiger partial charge in [0.1, 0.15) is 12.6 Å². The molecule has 1 atom stereocenters. The Morgan fingerprint density at radius 1 is 1.03 bits per heavy atom. The molecule has 3 aromatic carbocycles. The molecule has 0 spiro atoms. The fourth-order valence-electron chi connectivity index (χ4n) is 4.08. The van der Waals surface area contributed by atoms with Gasteiger partial charge in [-0.3, -0.25) is 10.1 Å². The summed E-state index contributed by atoms with van der Waals surface area (Å²) in [5.74, 6) is -1.75. The average molecular weight is 479 g/mol. The number of likely N-dealkylation sites (N-methyl/N-ethyl adjacent to an activating group) is 1. The van der Waals surface area contributed by atoms with Gasteiger partial charge < -0.3 is 14.7 Å². The largest absolute Gasteiger partial charge is 0.480 e. The van der Waals surface area contributed by atoms with Gasteiger partial charge in [-0.15, -0.1) is 0 Å². The summed E-state index contributed by atoms with van der Waals surface area (Å²) in [6, 6.07) is 19.4. The zero-order valence-electron chi connectivity index (χ0n) is 18.6. The smallest absolute Gasteiger partial charge is 0.411 e. The third kappa shape index (κ3) is 4.61. The Bertz CT molecular complexity index is 1230. The minimum atomic E-state index is -1.13. The monoisotopic (exact) mass is 478 g/mol. The van der Waals surface area contributed by atoms with Gasteiger partial charge in [0.25, 0.3) is 5.91 Å². The maximum absolute atomic E-state index is 12.7. The number of carboxylic acids is 1. The van der Waals surface area contributed by atoms with E-state index in [9.17, 15) is 14.4 Å². The van der Waals surface area contributed by atoms with Gasteiger partial charge in [0, 0.05) is 29.2 Å². The topological polar surface area (TPSA) is 95.9 Å². The first-order valence-electron chi connectivity index (χ1n) is 10.7. The van der Waals surface area contributed by atoms with E-state index < -0.39 is 24.0 Å². The molecule has 174 valence electrons. The molecule has 1 aliphatic rings. The van der Waals surface area contributed by atoms with Crippen molar-refractivity contribution in [2.75, 3.05) is 19.0 Å². The number of amides is 2. The van der Waals surface area contributed by atoms with Crippen molar-refractivity contribution in [3.63, 3.8) is 0 Å². The van der Waals surface area contributed by atoms with Crippen molar-refractivity contribution < 1.29 is 24.2 Å². The highest BCUT2D eigenvalue weighted by molar-refractivity contribution is 6.31. The molecule has 0 saturated heterocycles. The fourth-order valence-corrected chi connectivity index (χ4v) is 4.32. The van der Waals surface area contributed by atoms with E-state index in [1.807, 2.05) is 36.4 Å². The Kier molecular flexibility index (Phi) is 6.56. The van der Waals surface area contributed by atoms with Crippen LogP contribution in [0, 0.1) is 0 Å². The van der Waals surface area contributed by atoms with Crippen LogP contribution in [0.5, 0.6) is 0 Å². The van der Waals surface area contributed by atoms with Crippen LogP contribution in [-0.4, -0.2) is 47.7 Å². The molecular formula is C26H23ClN2O5. The van der Waals surface area contributed by atoms with Crippen LogP contribution in [0.15, 0.2) is 66.7 Å². The predicted molar refractivity (Wildman–Crippen MR) is 129 cm³/mol. The van der Waals surface area contributed by atoms with Gasteiger partial charge in [0.2, 0.25) is 0 Å². The summed E-state index contributed by atoms with van der Waals surface area (Å²) in [7, 11) is 1.39. The maximum atomic E-state index is 12.7. The zero-order valence-corrected chi connectivity index (χ0v) is 19.4. The minimum absolute atomic E-state index is 0.0826. The Labute approximate surface area is 201 Å². The van der Waals surface area contributed by atoms with Crippen molar-refractivity contribution in [1.29, 1.82) is 0 Å². The van der Waals surface area contributed by atoms with Gasteiger partial charge in [0.05, 0.1) is 0 Å². The molecule has 0 heterocycles. The summed E-state index contributed by atoms with van der Waals surface area (Å²) in [5.41, 5.74) is 4.88. The first-order chi connectivity index (χ1) is 16.3. The summed E-state index contributed by atoms with van der Waals surface area (Å²) in [4.78, 5) is 37.5. The van der Waals surface area contributed by atoms with Gasteiger partial charge in [-0.05, 0) is 47.4 Å². The number of carboxylic acid groups (broad SMARTS) is 1. The Morgan fingerprint density at radius 3 is 2.21 bits per heavy atom. The van der Waals surface area contributed by atoms with Gasteiger partial charge >= 0.3 is 12.1 Å². The van der Waals surface area contributed by atoms with Crippen molar-refractivity contribution in [2.45, 2.75) is 18.9 Å². The van der Waals surface area contributed by atoms with E-state index in [0.717, 1.165) is 27.2 Å². The number of rotatable bonds is 6. The summed E-state index contributed by atoms with van der Waals surface area (Å²) >= 11 is 6.14. The molecule has 0 radical (unpaired) electrons. The summed E-state index contributed by atoms with van der Waals surface area (Å²) in [5, 5.41) is 12.0. The van der Waals surface area contributed by atoms with Crippen molar-refractivity contribution in [1.82, 2.24) is 4.90 Å². The van der Waals surface area contributed by atoms with Crippen LogP contribution in [0.25, 0.3) is 11.1 Å². The Hall–Kier alpha value is -3.84. The van der Waals surface area contributed by atoms with E-state index >= 15 is 0 Å². The number of benzene rings is 3. The number of carbonyl (C=O) groups is 3. The van der Waals surface area contributed by atoms with Crippen LogP contribution in [0.3, 0.4) is 0 Å². The summed E-state index contributed by atoms with van der Waals surface area (Å²) in [6.45, 7) is 1.55. The molecule has 8 heteroatoms. The standard InChI is InChI=1S/C26H23ClN2O5/c1-15(25(31)32)29(2)24(30)16-11-17(27)13-18(12-16)28-26(33)34-14-23-21-9-5-3-7-19(21)20-8-4-6-10-22(20)23/h3-13,15,23H,14H2,1-2H3,(H,28,33)(H,31,32)/t15-/m0/s1. The molecule has 1 aliphatic carbocycles. The molecule has 2 amide bonds. The van der Waals surface area contributed by atoms with Crippen LogP contribution in [-0.2, 0) is 9.53 Å². The lowest BCUT2D eigenvalue weighted by Gasteiger charge is -2.22. The lowest BCUT2D eigenvalue weighted by molar-refractivity contribution is -0.141. The highest BCUT2D eigenvalue weighted by Crippen LogP contribution is 2.44. The van der Waals surface area contributed by atoms with Gasteiger partial charge in [-0.25, -0.2) is 9.59 Å². The molecule has 0 fully saturated rings. The highest BCUT2D eigenvalue weighted by Gasteiger charge is 2.29. The Balaban J connectivity index is 1.46. The molecular weight excluding hydrogens is 456 g/mol. The molecule has 0 saturated carbocycles.